The van der Waals surface area contributed by atoms with Crippen LogP contribution in [0.15, 0.2) is 71.7 Å². The number of nitrogens with zero attached hydrogens (tertiary/aromatic N) is 3. The molecule has 0 saturated carbocycles. The number of alkyl halides is 6. The molecule has 158 valence electrons. The van der Waals surface area contributed by atoms with Crippen molar-refractivity contribution in [2.75, 3.05) is 0 Å². The Kier molecular flexibility index (Phi) is 4.79. The molecule has 0 fully saturated rings. The highest BCUT2D eigenvalue weighted by Gasteiger charge is 2.31. The second-order valence-electron chi connectivity index (χ2n) is 6.59. The Balaban J connectivity index is 1.96. The summed E-state index contributed by atoms with van der Waals surface area (Å²) >= 11 is 0. The third-order valence-electron chi connectivity index (χ3n) is 4.56. The number of aromatic nitrogens is 3. The topological polar surface area (TPSA) is 47.8 Å². The van der Waals surface area contributed by atoms with E-state index < -0.39 is 29.0 Å². The summed E-state index contributed by atoms with van der Waals surface area (Å²) in [6.07, 6.45) is -7.79. The fraction of sp³-hybridized carbons (Fsp3) is 0.0952. The van der Waals surface area contributed by atoms with E-state index in [1.165, 1.54) is 30.5 Å². The van der Waals surface area contributed by atoms with E-state index in [4.69, 9.17) is 0 Å². The van der Waals surface area contributed by atoms with Gasteiger partial charge in [0.2, 0.25) is 0 Å². The number of rotatable bonds is 2. The number of fused-ring (bicyclic) bond motifs is 1. The first-order valence-electron chi connectivity index (χ1n) is 8.79. The molecule has 2 aromatic carbocycles. The van der Waals surface area contributed by atoms with Gasteiger partial charge >= 0.3 is 12.4 Å². The zero-order valence-electron chi connectivity index (χ0n) is 15.4. The summed E-state index contributed by atoms with van der Waals surface area (Å²) in [6.45, 7) is 0. The van der Waals surface area contributed by atoms with Crippen molar-refractivity contribution in [1.82, 2.24) is 14.8 Å². The Morgan fingerprint density at radius 3 is 2.10 bits per heavy atom. The highest BCUT2D eigenvalue weighted by atomic mass is 19.4. The summed E-state index contributed by atoms with van der Waals surface area (Å²) in [5, 5.41) is 4.21. The largest absolute Gasteiger partial charge is 0.416 e. The minimum atomic E-state index is -4.60. The minimum Gasteiger partial charge on any atom is -0.267 e. The summed E-state index contributed by atoms with van der Waals surface area (Å²) in [6, 6.07) is 11.0. The van der Waals surface area contributed by atoms with Crippen LogP contribution < -0.4 is 5.56 Å². The van der Waals surface area contributed by atoms with Crippen LogP contribution in [0.5, 0.6) is 0 Å². The second-order valence-corrected chi connectivity index (χ2v) is 6.59. The van der Waals surface area contributed by atoms with Crippen LogP contribution in [0.2, 0.25) is 0 Å². The quantitative estimate of drug-likeness (QED) is 0.392. The van der Waals surface area contributed by atoms with Crippen LogP contribution >= 0.6 is 0 Å². The van der Waals surface area contributed by atoms with E-state index in [1.807, 2.05) is 0 Å². The van der Waals surface area contributed by atoms with Gasteiger partial charge in [0.05, 0.1) is 22.2 Å². The maximum Gasteiger partial charge on any atom is 0.416 e. The SMILES string of the molecule is O=c1c2cccnc2c(-c2cccc(C(F)(F)F)c2)nn1-c1ccc(C(F)(F)F)cc1. The van der Waals surface area contributed by atoms with Gasteiger partial charge < -0.3 is 0 Å². The number of pyridine rings is 1. The van der Waals surface area contributed by atoms with Crippen molar-refractivity contribution in [3.8, 4) is 16.9 Å². The van der Waals surface area contributed by atoms with Crippen LogP contribution in [0.3, 0.4) is 0 Å². The Labute approximate surface area is 170 Å². The molecule has 2 heterocycles. The third kappa shape index (κ3) is 3.88. The molecular formula is C21H11F6N3O. The van der Waals surface area contributed by atoms with Gasteiger partial charge in [-0.1, -0.05) is 12.1 Å². The van der Waals surface area contributed by atoms with Crippen LogP contribution in [0.25, 0.3) is 27.8 Å². The lowest BCUT2D eigenvalue weighted by Crippen LogP contribution is -2.22. The smallest absolute Gasteiger partial charge is 0.267 e. The van der Waals surface area contributed by atoms with Crippen molar-refractivity contribution < 1.29 is 26.3 Å². The molecule has 4 nitrogen and oxygen atoms in total. The monoisotopic (exact) mass is 435 g/mol. The summed E-state index contributed by atoms with van der Waals surface area (Å²) in [5.74, 6) is 0. The van der Waals surface area contributed by atoms with Gasteiger partial charge in [0.25, 0.3) is 5.56 Å². The van der Waals surface area contributed by atoms with Gasteiger partial charge in [-0.15, -0.1) is 0 Å². The molecule has 0 amide bonds. The molecule has 0 bridgehead atoms. The Morgan fingerprint density at radius 1 is 0.774 bits per heavy atom. The van der Waals surface area contributed by atoms with Crippen LogP contribution in [-0.4, -0.2) is 14.8 Å². The van der Waals surface area contributed by atoms with Crippen molar-refractivity contribution in [3.05, 3.63) is 88.3 Å². The maximum absolute atomic E-state index is 13.2. The van der Waals surface area contributed by atoms with Crippen molar-refractivity contribution in [3.63, 3.8) is 0 Å². The Bertz CT molecular complexity index is 1320. The van der Waals surface area contributed by atoms with E-state index in [-0.39, 0.29) is 27.8 Å². The molecule has 0 saturated heterocycles. The van der Waals surface area contributed by atoms with Crippen molar-refractivity contribution in [2.24, 2.45) is 0 Å². The molecule has 0 aliphatic carbocycles. The van der Waals surface area contributed by atoms with E-state index in [9.17, 15) is 31.1 Å². The number of hydrogen-bond donors (Lipinski definition) is 0. The molecule has 4 aromatic rings. The minimum absolute atomic E-state index is 0.0128. The summed E-state index contributed by atoms with van der Waals surface area (Å²) in [5.41, 5.74) is -2.35. The fourth-order valence-electron chi connectivity index (χ4n) is 3.08. The first kappa shape index (κ1) is 20.6. The molecule has 0 spiro atoms. The Hall–Kier alpha value is -3.69. The highest BCUT2D eigenvalue weighted by Crippen LogP contribution is 2.33. The van der Waals surface area contributed by atoms with Crippen LogP contribution in [0.4, 0.5) is 26.3 Å². The van der Waals surface area contributed by atoms with Crippen molar-refractivity contribution >= 4 is 10.9 Å². The summed E-state index contributed by atoms with van der Waals surface area (Å²) in [4.78, 5) is 17.0. The molecule has 10 heteroatoms. The standard InChI is InChI=1S/C21H11F6N3O/c22-20(23,24)13-6-8-15(9-7-13)30-19(31)16-5-2-10-28-18(16)17(29-30)12-3-1-4-14(11-12)21(25,26)27/h1-11H. The van der Waals surface area contributed by atoms with E-state index >= 15 is 0 Å². The fourth-order valence-corrected chi connectivity index (χ4v) is 3.08. The molecule has 0 aliphatic heterocycles. The first-order valence-corrected chi connectivity index (χ1v) is 8.79. The van der Waals surface area contributed by atoms with E-state index in [2.05, 4.69) is 10.1 Å². The van der Waals surface area contributed by atoms with Crippen molar-refractivity contribution in [2.45, 2.75) is 12.4 Å². The van der Waals surface area contributed by atoms with E-state index in [1.54, 1.807) is 0 Å². The second kappa shape index (κ2) is 7.22. The first-order chi connectivity index (χ1) is 14.6. The summed E-state index contributed by atoms with van der Waals surface area (Å²) in [7, 11) is 0. The molecule has 0 N–H and O–H groups in total. The lowest BCUT2D eigenvalue weighted by atomic mass is 10.1. The van der Waals surface area contributed by atoms with Gasteiger partial charge in [0, 0.05) is 11.8 Å². The highest BCUT2D eigenvalue weighted by molar-refractivity contribution is 5.90. The van der Waals surface area contributed by atoms with Crippen LogP contribution in [0, 0.1) is 0 Å². The summed E-state index contributed by atoms with van der Waals surface area (Å²) < 4.78 is 78.9. The Morgan fingerprint density at radius 2 is 1.45 bits per heavy atom. The van der Waals surface area contributed by atoms with Gasteiger partial charge in [-0.05, 0) is 48.5 Å². The predicted molar refractivity (Wildman–Crippen MR) is 101 cm³/mol. The molecule has 0 atom stereocenters. The molecule has 31 heavy (non-hydrogen) atoms. The average Bonchev–Trinajstić information content (AvgIpc) is 2.73. The van der Waals surface area contributed by atoms with Crippen LogP contribution in [0.1, 0.15) is 11.1 Å². The molecule has 0 radical (unpaired) electrons. The van der Waals surface area contributed by atoms with E-state index in [0.717, 1.165) is 41.1 Å². The third-order valence-corrected chi connectivity index (χ3v) is 4.56. The number of hydrogen-bond acceptors (Lipinski definition) is 3. The van der Waals surface area contributed by atoms with E-state index in [0.29, 0.717) is 0 Å². The van der Waals surface area contributed by atoms with Gasteiger partial charge in [-0.2, -0.15) is 36.1 Å². The van der Waals surface area contributed by atoms with Gasteiger partial charge in [0.15, 0.2) is 0 Å². The van der Waals surface area contributed by atoms with Gasteiger partial charge in [0.1, 0.15) is 11.2 Å². The number of benzene rings is 2. The van der Waals surface area contributed by atoms with Crippen LogP contribution in [-0.2, 0) is 12.4 Å². The lowest BCUT2D eigenvalue weighted by molar-refractivity contribution is -0.138. The molecule has 4 rings (SSSR count). The van der Waals surface area contributed by atoms with Gasteiger partial charge in [-0.3, -0.25) is 9.78 Å². The average molecular weight is 435 g/mol. The molecule has 0 aliphatic rings. The lowest BCUT2D eigenvalue weighted by Gasteiger charge is -2.13. The van der Waals surface area contributed by atoms with Crippen molar-refractivity contribution in [1.29, 1.82) is 0 Å². The number of halogens is 6. The van der Waals surface area contributed by atoms with Gasteiger partial charge in [-0.25, -0.2) is 0 Å². The predicted octanol–water partition coefficient (Wildman–Crippen LogP) is 5.49. The maximum atomic E-state index is 13.2. The zero-order valence-corrected chi connectivity index (χ0v) is 15.4. The molecule has 0 unspecified atom stereocenters. The zero-order chi connectivity index (χ0) is 22.4. The molecular weight excluding hydrogens is 424 g/mol. The molecule has 2 aromatic heterocycles. The normalized spacial score (nSPS) is 12.3.